The number of benzene rings is 1. The lowest BCUT2D eigenvalue weighted by Gasteiger charge is -2.25. The van der Waals surface area contributed by atoms with Gasteiger partial charge in [-0.15, -0.1) is 0 Å². The third-order valence-electron chi connectivity index (χ3n) is 3.52. The van der Waals surface area contributed by atoms with Gasteiger partial charge in [-0.1, -0.05) is 18.2 Å². The summed E-state index contributed by atoms with van der Waals surface area (Å²) in [4.78, 5) is 24.8. The summed E-state index contributed by atoms with van der Waals surface area (Å²) in [5.74, 6) is -0.561. The van der Waals surface area contributed by atoms with Gasteiger partial charge in [0.2, 0.25) is 0 Å². The second-order valence-electron chi connectivity index (χ2n) is 5.07. The molecule has 1 aromatic carbocycles. The molecule has 2 N–H and O–H groups in total. The molecule has 2 rings (SSSR count). The van der Waals surface area contributed by atoms with Crippen LogP contribution in [0.25, 0.3) is 0 Å². The molecule has 1 aliphatic rings. The first-order chi connectivity index (χ1) is 9.61. The number of hydrogen-bond acceptors (Lipinski definition) is 2. The molecular weight excluding hydrogens is 256 g/mol. The minimum Gasteiger partial charge on any atom is -0.481 e. The van der Waals surface area contributed by atoms with E-state index in [0.717, 1.165) is 18.5 Å². The zero-order valence-electron chi connectivity index (χ0n) is 11.6. The third-order valence-corrected chi connectivity index (χ3v) is 3.52. The molecule has 0 saturated heterocycles. The van der Waals surface area contributed by atoms with Gasteiger partial charge >= 0.3 is 12.0 Å². The van der Waals surface area contributed by atoms with Gasteiger partial charge in [0.15, 0.2) is 0 Å². The van der Waals surface area contributed by atoms with E-state index in [0.29, 0.717) is 12.5 Å². The van der Waals surface area contributed by atoms with Gasteiger partial charge in [0.05, 0.1) is 6.42 Å². The predicted octanol–water partition coefficient (Wildman–Crippen LogP) is 2.48. The fourth-order valence-corrected chi connectivity index (χ4v) is 2.31. The molecule has 108 valence electrons. The van der Waals surface area contributed by atoms with Crippen LogP contribution in [0, 0.1) is 5.92 Å². The number of carboxylic acids is 1. The molecule has 1 unspecified atom stereocenters. The van der Waals surface area contributed by atoms with Crippen LogP contribution in [0.4, 0.5) is 10.5 Å². The Hall–Kier alpha value is -2.04. The number of carboxylic acid groups (broad SMARTS) is 1. The van der Waals surface area contributed by atoms with Crippen molar-refractivity contribution in [3.63, 3.8) is 0 Å². The molecule has 1 saturated carbocycles. The van der Waals surface area contributed by atoms with Crippen molar-refractivity contribution in [1.29, 1.82) is 0 Å². The Morgan fingerprint density at radius 2 is 2.00 bits per heavy atom. The van der Waals surface area contributed by atoms with Crippen molar-refractivity contribution in [3.8, 4) is 0 Å². The first-order valence-corrected chi connectivity index (χ1v) is 6.96. The standard InChI is InChI=1S/C15H20N2O3/c1-2-17(12-6-4-3-5-7-12)15(20)16-13(10-14(18)19)11-8-9-11/h3-7,11,13H,2,8-10H2,1H3,(H,16,20)(H,18,19). The maximum atomic E-state index is 12.3. The van der Waals surface area contributed by atoms with E-state index in [9.17, 15) is 9.59 Å². The summed E-state index contributed by atoms with van der Waals surface area (Å²) in [7, 11) is 0. The molecule has 5 nitrogen and oxygen atoms in total. The van der Waals surface area contributed by atoms with Crippen LogP contribution in [0.2, 0.25) is 0 Å². The third kappa shape index (κ3) is 3.73. The number of nitrogens with zero attached hydrogens (tertiary/aromatic N) is 1. The first-order valence-electron chi connectivity index (χ1n) is 6.96. The van der Waals surface area contributed by atoms with Crippen molar-refractivity contribution in [1.82, 2.24) is 5.32 Å². The Bertz CT molecular complexity index is 471. The summed E-state index contributed by atoms with van der Waals surface area (Å²) in [6.45, 7) is 2.44. The summed E-state index contributed by atoms with van der Waals surface area (Å²) in [6, 6.07) is 8.89. The van der Waals surface area contributed by atoms with Crippen molar-refractivity contribution >= 4 is 17.7 Å². The fraction of sp³-hybridized carbons (Fsp3) is 0.467. The molecule has 0 aliphatic heterocycles. The van der Waals surface area contributed by atoms with Crippen molar-refractivity contribution in [2.75, 3.05) is 11.4 Å². The number of rotatable bonds is 6. The van der Waals surface area contributed by atoms with Crippen LogP contribution in [0.3, 0.4) is 0 Å². The smallest absolute Gasteiger partial charge is 0.322 e. The highest BCUT2D eigenvalue weighted by Gasteiger charge is 2.34. The van der Waals surface area contributed by atoms with Crippen molar-refractivity contribution in [3.05, 3.63) is 30.3 Å². The van der Waals surface area contributed by atoms with E-state index in [-0.39, 0.29) is 18.5 Å². The highest BCUT2D eigenvalue weighted by Crippen LogP contribution is 2.34. The monoisotopic (exact) mass is 276 g/mol. The number of carbonyl (C=O) groups excluding carboxylic acids is 1. The summed E-state index contributed by atoms with van der Waals surface area (Å²) in [5.41, 5.74) is 0.817. The first kappa shape index (κ1) is 14.4. The molecule has 0 bridgehead atoms. The second-order valence-corrected chi connectivity index (χ2v) is 5.07. The molecule has 1 aliphatic carbocycles. The van der Waals surface area contributed by atoms with E-state index in [1.807, 2.05) is 37.3 Å². The Morgan fingerprint density at radius 3 is 2.50 bits per heavy atom. The molecule has 5 heteroatoms. The fourth-order valence-electron chi connectivity index (χ4n) is 2.31. The van der Waals surface area contributed by atoms with Gasteiger partial charge in [0.25, 0.3) is 0 Å². The van der Waals surface area contributed by atoms with E-state index >= 15 is 0 Å². The average molecular weight is 276 g/mol. The van der Waals surface area contributed by atoms with Crippen LogP contribution in [-0.4, -0.2) is 29.7 Å². The van der Waals surface area contributed by atoms with E-state index in [1.165, 1.54) is 0 Å². The lowest BCUT2D eigenvalue weighted by Crippen LogP contribution is -2.46. The molecule has 1 aromatic rings. The maximum absolute atomic E-state index is 12.3. The normalized spacial score (nSPS) is 15.4. The molecule has 20 heavy (non-hydrogen) atoms. The summed E-state index contributed by atoms with van der Waals surface area (Å²) >= 11 is 0. The van der Waals surface area contributed by atoms with Crippen molar-refractivity contribution in [2.45, 2.75) is 32.2 Å². The second kappa shape index (κ2) is 6.41. The number of anilines is 1. The zero-order valence-corrected chi connectivity index (χ0v) is 11.6. The molecular formula is C15H20N2O3. The van der Waals surface area contributed by atoms with E-state index in [4.69, 9.17) is 5.11 Å². The van der Waals surface area contributed by atoms with Crippen LogP contribution < -0.4 is 10.2 Å². The lowest BCUT2D eigenvalue weighted by atomic mass is 10.1. The minimum atomic E-state index is -0.870. The van der Waals surface area contributed by atoms with Crippen molar-refractivity contribution < 1.29 is 14.7 Å². The van der Waals surface area contributed by atoms with Crippen molar-refractivity contribution in [2.24, 2.45) is 5.92 Å². The van der Waals surface area contributed by atoms with Gasteiger partial charge in [0.1, 0.15) is 0 Å². The zero-order chi connectivity index (χ0) is 14.5. The van der Waals surface area contributed by atoms with Crippen LogP contribution >= 0.6 is 0 Å². The van der Waals surface area contributed by atoms with E-state index < -0.39 is 5.97 Å². The molecule has 1 atom stereocenters. The number of hydrogen-bond donors (Lipinski definition) is 2. The lowest BCUT2D eigenvalue weighted by molar-refractivity contribution is -0.137. The van der Waals surface area contributed by atoms with Crippen LogP contribution in [0.15, 0.2) is 30.3 Å². The molecule has 2 amide bonds. The molecule has 0 spiro atoms. The molecule has 0 aromatic heterocycles. The predicted molar refractivity (Wildman–Crippen MR) is 76.8 cm³/mol. The summed E-state index contributed by atoms with van der Waals surface area (Å²) in [6.07, 6.45) is 1.98. The molecule has 0 heterocycles. The number of aliphatic carboxylic acids is 1. The Kier molecular flexibility index (Phi) is 4.61. The van der Waals surface area contributed by atoms with E-state index in [1.54, 1.807) is 4.90 Å². The summed E-state index contributed by atoms with van der Waals surface area (Å²) in [5, 5.41) is 11.8. The molecule has 1 fully saturated rings. The Labute approximate surface area is 118 Å². The Morgan fingerprint density at radius 1 is 1.35 bits per heavy atom. The van der Waals surface area contributed by atoms with Crippen LogP contribution in [-0.2, 0) is 4.79 Å². The number of urea groups is 1. The molecule has 0 radical (unpaired) electrons. The topological polar surface area (TPSA) is 69.6 Å². The highest BCUT2D eigenvalue weighted by atomic mass is 16.4. The Balaban J connectivity index is 2.02. The minimum absolute atomic E-state index is 0.0112. The van der Waals surface area contributed by atoms with Crippen LogP contribution in [0.5, 0.6) is 0 Å². The van der Waals surface area contributed by atoms with Crippen LogP contribution in [0.1, 0.15) is 26.2 Å². The van der Waals surface area contributed by atoms with Gasteiger partial charge < -0.3 is 10.4 Å². The van der Waals surface area contributed by atoms with Gasteiger partial charge in [-0.3, -0.25) is 9.69 Å². The number of nitrogens with one attached hydrogen (secondary N) is 1. The summed E-state index contributed by atoms with van der Waals surface area (Å²) < 4.78 is 0. The van der Waals surface area contributed by atoms with E-state index in [2.05, 4.69) is 5.32 Å². The largest absolute Gasteiger partial charge is 0.481 e. The maximum Gasteiger partial charge on any atom is 0.322 e. The number of carbonyl (C=O) groups is 2. The number of para-hydroxylation sites is 1. The van der Waals surface area contributed by atoms with Gasteiger partial charge in [0, 0.05) is 18.3 Å². The SMILES string of the molecule is CCN(C(=O)NC(CC(=O)O)C1CC1)c1ccccc1. The highest BCUT2D eigenvalue weighted by molar-refractivity contribution is 5.92. The average Bonchev–Trinajstić information content (AvgIpc) is 3.24. The quantitative estimate of drug-likeness (QED) is 0.838. The van der Waals surface area contributed by atoms with Gasteiger partial charge in [-0.2, -0.15) is 0 Å². The van der Waals surface area contributed by atoms with Gasteiger partial charge in [-0.05, 0) is 37.8 Å². The number of amides is 2. The van der Waals surface area contributed by atoms with Gasteiger partial charge in [-0.25, -0.2) is 4.79 Å².